The minimum Gasteiger partial charge on any atom is -0.491 e. The number of rotatable bonds is 7. The molecule has 2 aromatic carbocycles. The topological polar surface area (TPSA) is 67.8 Å². The fourth-order valence-electron chi connectivity index (χ4n) is 2.23. The Morgan fingerprint density at radius 3 is 2.67 bits per heavy atom. The summed E-state index contributed by atoms with van der Waals surface area (Å²) in [4.78, 5) is 11.9. The quantitative estimate of drug-likeness (QED) is 0.816. The molecule has 2 aromatic rings. The lowest BCUT2D eigenvalue weighted by Gasteiger charge is -2.18. The molecule has 24 heavy (non-hydrogen) atoms. The van der Waals surface area contributed by atoms with Crippen molar-refractivity contribution >= 4 is 6.09 Å². The van der Waals surface area contributed by atoms with Crippen molar-refractivity contribution < 1.29 is 23.8 Å². The monoisotopic (exact) mass is 333 g/mol. The Hall–Kier alpha value is -2.60. The third-order valence-electron chi connectivity index (χ3n) is 3.34. The zero-order valence-corrected chi connectivity index (χ0v) is 13.4. The van der Waals surface area contributed by atoms with E-state index in [1.807, 2.05) is 30.3 Å². The van der Waals surface area contributed by atoms with Crippen molar-refractivity contribution in [3.8, 4) is 5.75 Å². The third-order valence-corrected chi connectivity index (χ3v) is 3.34. The molecule has 0 saturated carbocycles. The van der Waals surface area contributed by atoms with Gasteiger partial charge in [-0.3, -0.25) is 0 Å². The van der Waals surface area contributed by atoms with Crippen LogP contribution in [0.4, 0.5) is 9.18 Å². The molecule has 1 unspecified atom stereocenters. The van der Waals surface area contributed by atoms with E-state index in [9.17, 15) is 9.18 Å². The average molecular weight is 333 g/mol. The molecule has 0 aliphatic heterocycles. The van der Waals surface area contributed by atoms with Crippen molar-refractivity contribution in [3.63, 3.8) is 0 Å². The van der Waals surface area contributed by atoms with Crippen molar-refractivity contribution in [2.75, 3.05) is 13.2 Å². The zero-order chi connectivity index (χ0) is 17.4. The smallest absolute Gasteiger partial charge is 0.407 e. The molecular formula is C18H20FNO4. The summed E-state index contributed by atoms with van der Waals surface area (Å²) in [6.07, 6.45) is -0.650. The van der Waals surface area contributed by atoms with Crippen LogP contribution in [-0.2, 0) is 11.3 Å². The predicted molar refractivity (Wildman–Crippen MR) is 87.2 cm³/mol. The molecule has 1 atom stereocenters. The minimum atomic E-state index is -0.650. The van der Waals surface area contributed by atoms with E-state index in [0.717, 1.165) is 5.56 Å². The minimum absolute atomic E-state index is 0.0433. The van der Waals surface area contributed by atoms with Crippen LogP contribution in [0, 0.1) is 5.82 Å². The molecule has 0 spiro atoms. The molecule has 1 amide bonds. The molecule has 0 saturated heterocycles. The Labute approximate surface area is 140 Å². The molecule has 0 bridgehead atoms. The van der Waals surface area contributed by atoms with Gasteiger partial charge in [-0.1, -0.05) is 36.4 Å². The van der Waals surface area contributed by atoms with Crippen LogP contribution >= 0.6 is 0 Å². The summed E-state index contributed by atoms with van der Waals surface area (Å²) in [5.41, 5.74) is 1.07. The van der Waals surface area contributed by atoms with Gasteiger partial charge in [0.25, 0.3) is 0 Å². The Bertz CT molecular complexity index is 663. The van der Waals surface area contributed by atoms with Crippen LogP contribution in [0.2, 0.25) is 0 Å². The highest BCUT2D eigenvalue weighted by atomic mass is 19.1. The Balaban J connectivity index is 1.98. The number of aliphatic hydroxyl groups is 1. The number of halogens is 1. The lowest BCUT2D eigenvalue weighted by Crippen LogP contribution is -2.28. The summed E-state index contributed by atoms with van der Waals surface area (Å²) >= 11 is 0. The van der Waals surface area contributed by atoms with E-state index in [2.05, 4.69) is 5.32 Å². The molecule has 6 heteroatoms. The number of benzene rings is 2. The van der Waals surface area contributed by atoms with E-state index in [1.54, 1.807) is 13.0 Å². The number of carbonyl (C=O) groups excluding carboxylic acids is 1. The van der Waals surface area contributed by atoms with Gasteiger partial charge < -0.3 is 19.9 Å². The molecule has 2 N–H and O–H groups in total. The second kappa shape index (κ2) is 8.88. The first-order chi connectivity index (χ1) is 11.6. The number of hydrogen-bond donors (Lipinski definition) is 2. The van der Waals surface area contributed by atoms with Gasteiger partial charge >= 0.3 is 6.09 Å². The normalized spacial score (nSPS) is 11.6. The Morgan fingerprint density at radius 1 is 1.21 bits per heavy atom. The molecular weight excluding hydrogens is 313 g/mol. The highest BCUT2D eigenvalue weighted by Gasteiger charge is 2.19. The number of ether oxygens (including phenoxy) is 2. The number of amides is 1. The second-order valence-corrected chi connectivity index (χ2v) is 5.15. The number of carbonyl (C=O) groups is 1. The second-order valence-electron chi connectivity index (χ2n) is 5.15. The third kappa shape index (κ3) is 4.96. The van der Waals surface area contributed by atoms with Crippen LogP contribution in [0.15, 0.2) is 48.5 Å². The standard InChI is InChI=1S/C18H20FNO4/c1-13(17-15(19)8-5-9-16(17)23-11-10-21)20-18(22)24-12-14-6-3-2-4-7-14/h2-9,13,21H,10-12H2,1H3,(H,20,22). The van der Waals surface area contributed by atoms with Crippen molar-refractivity contribution in [3.05, 3.63) is 65.5 Å². The van der Waals surface area contributed by atoms with Crippen LogP contribution in [-0.4, -0.2) is 24.4 Å². The summed E-state index contributed by atoms with van der Waals surface area (Å²) in [6, 6.07) is 13.0. The Kier molecular flexibility index (Phi) is 6.57. The lowest BCUT2D eigenvalue weighted by molar-refractivity contribution is 0.136. The van der Waals surface area contributed by atoms with E-state index in [4.69, 9.17) is 14.6 Å². The molecule has 0 aliphatic rings. The highest BCUT2D eigenvalue weighted by Crippen LogP contribution is 2.28. The van der Waals surface area contributed by atoms with E-state index in [0.29, 0.717) is 0 Å². The van der Waals surface area contributed by atoms with Gasteiger partial charge in [-0.2, -0.15) is 0 Å². The van der Waals surface area contributed by atoms with Crippen LogP contribution < -0.4 is 10.1 Å². The van der Waals surface area contributed by atoms with E-state index < -0.39 is 18.0 Å². The fourth-order valence-corrected chi connectivity index (χ4v) is 2.23. The van der Waals surface area contributed by atoms with Gasteiger partial charge in [-0.15, -0.1) is 0 Å². The molecule has 128 valence electrons. The molecule has 0 radical (unpaired) electrons. The maximum atomic E-state index is 14.1. The summed E-state index contributed by atoms with van der Waals surface area (Å²) < 4.78 is 24.5. The lowest BCUT2D eigenvalue weighted by atomic mass is 10.1. The van der Waals surface area contributed by atoms with Gasteiger partial charge in [0.2, 0.25) is 0 Å². The molecule has 5 nitrogen and oxygen atoms in total. The van der Waals surface area contributed by atoms with E-state index >= 15 is 0 Å². The van der Waals surface area contributed by atoms with Gasteiger partial charge in [0.05, 0.1) is 18.2 Å². The number of nitrogens with one attached hydrogen (secondary N) is 1. The molecule has 2 rings (SSSR count). The van der Waals surface area contributed by atoms with Crippen molar-refractivity contribution in [2.45, 2.75) is 19.6 Å². The summed E-state index contributed by atoms with van der Waals surface area (Å²) in [6.45, 7) is 1.62. The van der Waals surface area contributed by atoms with E-state index in [-0.39, 0.29) is 31.1 Å². The number of hydrogen-bond acceptors (Lipinski definition) is 4. The largest absolute Gasteiger partial charge is 0.491 e. The van der Waals surface area contributed by atoms with Crippen LogP contribution in [0.1, 0.15) is 24.1 Å². The fraction of sp³-hybridized carbons (Fsp3) is 0.278. The van der Waals surface area contributed by atoms with Gasteiger partial charge in [0.15, 0.2) is 0 Å². The molecule has 0 fully saturated rings. The van der Waals surface area contributed by atoms with Gasteiger partial charge in [0, 0.05) is 0 Å². The first kappa shape index (κ1) is 17.7. The van der Waals surface area contributed by atoms with Crippen LogP contribution in [0.25, 0.3) is 0 Å². The van der Waals surface area contributed by atoms with Crippen molar-refractivity contribution in [1.29, 1.82) is 0 Å². The van der Waals surface area contributed by atoms with Gasteiger partial charge in [0.1, 0.15) is 24.8 Å². The average Bonchev–Trinajstić information content (AvgIpc) is 2.59. The molecule has 0 aromatic heterocycles. The Morgan fingerprint density at radius 2 is 1.96 bits per heavy atom. The summed E-state index contributed by atoms with van der Waals surface area (Å²) in [5, 5.41) is 11.4. The van der Waals surface area contributed by atoms with Crippen LogP contribution in [0.5, 0.6) is 5.75 Å². The summed E-state index contributed by atoms with van der Waals surface area (Å²) in [7, 11) is 0. The van der Waals surface area contributed by atoms with Crippen LogP contribution in [0.3, 0.4) is 0 Å². The SMILES string of the molecule is CC(NC(=O)OCc1ccccc1)c1c(F)cccc1OCCO. The maximum absolute atomic E-state index is 14.1. The highest BCUT2D eigenvalue weighted by molar-refractivity contribution is 5.68. The summed E-state index contributed by atoms with van der Waals surface area (Å²) in [5.74, 6) is -0.221. The first-order valence-corrected chi connectivity index (χ1v) is 7.61. The van der Waals surface area contributed by atoms with Crippen molar-refractivity contribution in [2.24, 2.45) is 0 Å². The molecule has 0 aliphatic carbocycles. The molecule has 0 heterocycles. The van der Waals surface area contributed by atoms with Crippen molar-refractivity contribution in [1.82, 2.24) is 5.32 Å². The number of alkyl carbamates (subject to hydrolysis) is 1. The van der Waals surface area contributed by atoms with Gasteiger partial charge in [-0.25, -0.2) is 9.18 Å². The number of aliphatic hydroxyl groups excluding tert-OH is 1. The maximum Gasteiger partial charge on any atom is 0.407 e. The van der Waals surface area contributed by atoms with Gasteiger partial charge in [-0.05, 0) is 24.6 Å². The zero-order valence-electron chi connectivity index (χ0n) is 13.4. The first-order valence-electron chi connectivity index (χ1n) is 7.61. The predicted octanol–water partition coefficient (Wildman–Crippen LogP) is 3.18. The van der Waals surface area contributed by atoms with E-state index in [1.165, 1.54) is 12.1 Å².